The summed E-state index contributed by atoms with van der Waals surface area (Å²) >= 11 is 0. The number of amides is 1. The normalized spacial score (nSPS) is 10.2. The lowest BCUT2D eigenvalue weighted by Crippen LogP contribution is -2.27. The molecule has 1 aromatic carbocycles. The number of nitrogens with zero attached hydrogens (tertiary/aromatic N) is 2. The second kappa shape index (κ2) is 6.16. The van der Waals surface area contributed by atoms with Crippen LogP contribution in [0.1, 0.15) is 21.5 Å². The number of rotatable bonds is 4. The fourth-order valence-corrected chi connectivity index (χ4v) is 2.04. The molecule has 2 rings (SSSR count). The van der Waals surface area contributed by atoms with E-state index in [4.69, 9.17) is 5.84 Å². The molecule has 0 fully saturated rings. The maximum absolute atomic E-state index is 12.4. The number of hydrogen-bond acceptors (Lipinski definition) is 4. The molecule has 1 heterocycles. The van der Waals surface area contributed by atoms with Gasteiger partial charge in [0, 0.05) is 37.2 Å². The molecule has 0 aliphatic carbocycles. The highest BCUT2D eigenvalue weighted by atomic mass is 16.2. The molecule has 0 saturated heterocycles. The number of hydrogen-bond donors (Lipinski definition) is 2. The third kappa shape index (κ3) is 3.13. The Morgan fingerprint density at radius 2 is 2.20 bits per heavy atom. The Kier molecular flexibility index (Phi) is 4.32. The van der Waals surface area contributed by atoms with Crippen molar-refractivity contribution in [1.29, 1.82) is 0 Å². The van der Waals surface area contributed by atoms with Crippen molar-refractivity contribution in [1.82, 2.24) is 9.88 Å². The largest absolute Gasteiger partial charge is 0.337 e. The molecule has 1 aromatic heterocycles. The molecule has 5 heteroatoms. The van der Waals surface area contributed by atoms with Crippen molar-refractivity contribution in [3.8, 4) is 0 Å². The highest BCUT2D eigenvalue weighted by Gasteiger charge is 2.14. The molecule has 1 amide bonds. The Balaban J connectivity index is 2.14. The van der Waals surface area contributed by atoms with Crippen molar-refractivity contribution in [3.63, 3.8) is 0 Å². The summed E-state index contributed by atoms with van der Waals surface area (Å²) in [7, 11) is 1.78. The first-order valence-corrected chi connectivity index (χ1v) is 6.33. The van der Waals surface area contributed by atoms with Crippen LogP contribution in [0.3, 0.4) is 0 Å². The van der Waals surface area contributed by atoms with Gasteiger partial charge in [-0.3, -0.25) is 15.6 Å². The summed E-state index contributed by atoms with van der Waals surface area (Å²) in [6, 6.07) is 9.24. The number of carbonyl (C=O) groups excluding carboxylic acids is 1. The smallest absolute Gasteiger partial charge is 0.254 e. The second-order valence-electron chi connectivity index (χ2n) is 4.70. The van der Waals surface area contributed by atoms with Crippen molar-refractivity contribution in [2.45, 2.75) is 13.5 Å². The van der Waals surface area contributed by atoms with Crippen LogP contribution in [-0.2, 0) is 6.54 Å². The van der Waals surface area contributed by atoms with Gasteiger partial charge in [-0.2, -0.15) is 0 Å². The van der Waals surface area contributed by atoms with E-state index in [1.807, 2.05) is 25.1 Å². The summed E-state index contributed by atoms with van der Waals surface area (Å²) in [5.41, 5.74) is 5.93. The summed E-state index contributed by atoms with van der Waals surface area (Å²) < 4.78 is 0. The molecule has 0 aliphatic rings. The lowest BCUT2D eigenvalue weighted by Gasteiger charge is -2.18. The van der Waals surface area contributed by atoms with Gasteiger partial charge in [-0.05, 0) is 42.3 Å². The van der Waals surface area contributed by atoms with Crippen LogP contribution in [-0.4, -0.2) is 22.8 Å². The average molecular weight is 270 g/mol. The van der Waals surface area contributed by atoms with Crippen LogP contribution in [0.15, 0.2) is 42.7 Å². The van der Waals surface area contributed by atoms with E-state index >= 15 is 0 Å². The van der Waals surface area contributed by atoms with Gasteiger partial charge in [0.1, 0.15) is 0 Å². The van der Waals surface area contributed by atoms with E-state index in [0.717, 1.165) is 16.8 Å². The maximum atomic E-state index is 12.4. The van der Waals surface area contributed by atoms with Crippen molar-refractivity contribution in [3.05, 3.63) is 59.4 Å². The molecule has 5 nitrogen and oxygen atoms in total. The van der Waals surface area contributed by atoms with E-state index < -0.39 is 0 Å². The van der Waals surface area contributed by atoms with Crippen LogP contribution in [0.2, 0.25) is 0 Å². The predicted molar refractivity (Wildman–Crippen MR) is 79.0 cm³/mol. The van der Waals surface area contributed by atoms with Crippen molar-refractivity contribution in [2.75, 3.05) is 12.5 Å². The molecule has 2 aromatic rings. The standard InChI is InChI=1S/C15H18N4O/c1-11-8-13(18-16)5-6-14(11)15(20)19(2)10-12-4-3-7-17-9-12/h3-9,18H,10,16H2,1-2H3. The summed E-state index contributed by atoms with van der Waals surface area (Å²) in [6.07, 6.45) is 3.48. The van der Waals surface area contributed by atoms with E-state index in [-0.39, 0.29) is 5.91 Å². The monoisotopic (exact) mass is 270 g/mol. The van der Waals surface area contributed by atoms with Gasteiger partial charge < -0.3 is 10.3 Å². The fraction of sp³-hybridized carbons (Fsp3) is 0.200. The summed E-state index contributed by atoms with van der Waals surface area (Å²) in [5, 5.41) is 0. The first-order chi connectivity index (χ1) is 9.61. The molecule has 20 heavy (non-hydrogen) atoms. The number of anilines is 1. The molecule has 0 saturated carbocycles. The van der Waals surface area contributed by atoms with Gasteiger partial charge >= 0.3 is 0 Å². The van der Waals surface area contributed by atoms with Gasteiger partial charge in [-0.1, -0.05) is 6.07 Å². The van der Waals surface area contributed by atoms with E-state index in [9.17, 15) is 4.79 Å². The molecule has 0 unspecified atom stereocenters. The number of nitrogen functional groups attached to an aromatic ring is 1. The van der Waals surface area contributed by atoms with Crippen LogP contribution in [0.25, 0.3) is 0 Å². The fourth-order valence-electron chi connectivity index (χ4n) is 2.04. The molecular weight excluding hydrogens is 252 g/mol. The summed E-state index contributed by atoms with van der Waals surface area (Å²) in [6.45, 7) is 2.43. The number of pyridine rings is 1. The van der Waals surface area contributed by atoms with Gasteiger partial charge in [-0.25, -0.2) is 0 Å². The maximum Gasteiger partial charge on any atom is 0.254 e. The Hall–Kier alpha value is -2.40. The topological polar surface area (TPSA) is 71.2 Å². The molecule has 0 atom stereocenters. The van der Waals surface area contributed by atoms with Crippen molar-refractivity contribution < 1.29 is 4.79 Å². The van der Waals surface area contributed by atoms with Gasteiger partial charge in [-0.15, -0.1) is 0 Å². The minimum absolute atomic E-state index is 0.0186. The van der Waals surface area contributed by atoms with Crippen LogP contribution >= 0.6 is 0 Å². The van der Waals surface area contributed by atoms with Crippen LogP contribution in [0.5, 0.6) is 0 Å². The Morgan fingerprint density at radius 1 is 1.40 bits per heavy atom. The molecular formula is C15H18N4O. The lowest BCUT2D eigenvalue weighted by atomic mass is 10.1. The average Bonchev–Trinajstić information content (AvgIpc) is 2.47. The number of nitrogens with two attached hydrogens (primary N) is 1. The first-order valence-electron chi connectivity index (χ1n) is 6.33. The zero-order chi connectivity index (χ0) is 14.5. The third-order valence-electron chi connectivity index (χ3n) is 3.11. The van der Waals surface area contributed by atoms with Crippen molar-refractivity contribution >= 4 is 11.6 Å². The molecule has 104 valence electrons. The third-order valence-corrected chi connectivity index (χ3v) is 3.11. The Morgan fingerprint density at radius 3 is 2.80 bits per heavy atom. The number of nitrogens with one attached hydrogen (secondary N) is 1. The quantitative estimate of drug-likeness (QED) is 0.658. The zero-order valence-electron chi connectivity index (χ0n) is 11.6. The van der Waals surface area contributed by atoms with Crippen molar-refractivity contribution in [2.24, 2.45) is 5.84 Å². The first kappa shape index (κ1) is 14.0. The Bertz CT molecular complexity index is 598. The molecule has 0 spiro atoms. The SMILES string of the molecule is Cc1cc(NN)ccc1C(=O)N(C)Cc1cccnc1. The summed E-state index contributed by atoms with van der Waals surface area (Å²) in [4.78, 5) is 18.1. The van der Waals surface area contributed by atoms with Crippen LogP contribution < -0.4 is 11.3 Å². The molecule has 0 radical (unpaired) electrons. The van der Waals surface area contributed by atoms with Crippen LogP contribution in [0, 0.1) is 6.92 Å². The number of carbonyl (C=O) groups is 1. The van der Waals surface area contributed by atoms with Gasteiger partial charge in [0.05, 0.1) is 0 Å². The number of aryl methyl sites for hydroxylation is 1. The molecule has 3 N–H and O–H groups in total. The summed E-state index contributed by atoms with van der Waals surface area (Å²) in [5.74, 6) is 5.34. The number of aromatic nitrogens is 1. The minimum atomic E-state index is -0.0186. The van der Waals surface area contributed by atoms with E-state index in [2.05, 4.69) is 10.4 Å². The lowest BCUT2D eigenvalue weighted by molar-refractivity contribution is 0.0784. The van der Waals surface area contributed by atoms with Gasteiger partial charge in [0.2, 0.25) is 0 Å². The van der Waals surface area contributed by atoms with E-state index in [1.165, 1.54) is 0 Å². The second-order valence-corrected chi connectivity index (χ2v) is 4.70. The number of hydrazine groups is 1. The predicted octanol–water partition coefficient (Wildman–Crippen LogP) is 1.95. The Labute approximate surface area is 118 Å². The molecule has 0 bridgehead atoms. The van der Waals surface area contributed by atoms with E-state index in [0.29, 0.717) is 12.1 Å². The zero-order valence-corrected chi connectivity index (χ0v) is 11.6. The number of benzene rings is 1. The highest BCUT2D eigenvalue weighted by molar-refractivity contribution is 5.95. The highest BCUT2D eigenvalue weighted by Crippen LogP contribution is 2.16. The minimum Gasteiger partial charge on any atom is -0.337 e. The van der Waals surface area contributed by atoms with Gasteiger partial charge in [0.15, 0.2) is 0 Å². The van der Waals surface area contributed by atoms with E-state index in [1.54, 1.807) is 36.5 Å². The van der Waals surface area contributed by atoms with Gasteiger partial charge in [0.25, 0.3) is 5.91 Å². The van der Waals surface area contributed by atoms with Crippen LogP contribution in [0.4, 0.5) is 5.69 Å². The molecule has 0 aliphatic heterocycles.